The number of aryl methyl sites for hydroxylation is 1. The zero-order valence-electron chi connectivity index (χ0n) is 11.7. The predicted octanol–water partition coefficient (Wildman–Crippen LogP) is 4.12. The van der Waals surface area contributed by atoms with Crippen molar-refractivity contribution in [1.29, 1.82) is 0 Å². The Bertz CT molecular complexity index is 913. The SMILES string of the molecule is Cc1ccc2oc(=O)c(C(=O)Nc3ccc(Br)cc3)cc2c1. The number of amides is 1. The Morgan fingerprint density at radius 1 is 1.09 bits per heavy atom. The molecule has 0 aliphatic carbocycles. The van der Waals surface area contributed by atoms with Crippen molar-refractivity contribution in [3.8, 4) is 0 Å². The van der Waals surface area contributed by atoms with E-state index in [1.807, 2.05) is 31.2 Å². The Kier molecular flexibility index (Phi) is 3.81. The van der Waals surface area contributed by atoms with Crippen LogP contribution in [-0.2, 0) is 0 Å². The zero-order chi connectivity index (χ0) is 15.7. The van der Waals surface area contributed by atoms with Crippen LogP contribution in [0.25, 0.3) is 11.0 Å². The number of rotatable bonds is 2. The van der Waals surface area contributed by atoms with Gasteiger partial charge in [0.25, 0.3) is 5.91 Å². The molecule has 1 heterocycles. The quantitative estimate of drug-likeness (QED) is 0.701. The number of carbonyl (C=O) groups is 1. The lowest BCUT2D eigenvalue weighted by Crippen LogP contribution is -2.20. The third kappa shape index (κ3) is 2.94. The van der Waals surface area contributed by atoms with E-state index in [0.29, 0.717) is 11.3 Å². The van der Waals surface area contributed by atoms with Crippen molar-refractivity contribution in [3.63, 3.8) is 0 Å². The third-order valence-corrected chi connectivity index (χ3v) is 3.76. The number of hydrogen-bond acceptors (Lipinski definition) is 3. The number of carbonyl (C=O) groups excluding carboxylic acids is 1. The molecule has 0 atom stereocenters. The predicted molar refractivity (Wildman–Crippen MR) is 89.3 cm³/mol. The summed E-state index contributed by atoms with van der Waals surface area (Å²) < 4.78 is 6.11. The molecular weight excluding hydrogens is 346 g/mol. The van der Waals surface area contributed by atoms with Crippen molar-refractivity contribution in [2.75, 3.05) is 5.32 Å². The Hall–Kier alpha value is -2.40. The number of anilines is 1. The highest BCUT2D eigenvalue weighted by molar-refractivity contribution is 9.10. The van der Waals surface area contributed by atoms with Crippen LogP contribution in [0.4, 0.5) is 5.69 Å². The Balaban J connectivity index is 1.98. The lowest BCUT2D eigenvalue weighted by molar-refractivity contribution is 0.102. The van der Waals surface area contributed by atoms with Gasteiger partial charge in [0.05, 0.1) is 0 Å². The van der Waals surface area contributed by atoms with Crippen LogP contribution < -0.4 is 10.9 Å². The van der Waals surface area contributed by atoms with E-state index in [4.69, 9.17) is 4.42 Å². The fourth-order valence-electron chi connectivity index (χ4n) is 2.13. The van der Waals surface area contributed by atoms with Gasteiger partial charge in [-0.1, -0.05) is 27.6 Å². The van der Waals surface area contributed by atoms with Crippen molar-refractivity contribution >= 4 is 38.5 Å². The first-order chi connectivity index (χ1) is 10.5. The van der Waals surface area contributed by atoms with Crippen LogP contribution in [0.3, 0.4) is 0 Å². The topological polar surface area (TPSA) is 59.3 Å². The maximum atomic E-state index is 12.3. The van der Waals surface area contributed by atoms with E-state index in [0.717, 1.165) is 15.4 Å². The molecule has 3 aromatic rings. The fraction of sp³-hybridized carbons (Fsp3) is 0.0588. The molecule has 4 nitrogen and oxygen atoms in total. The van der Waals surface area contributed by atoms with Crippen LogP contribution >= 0.6 is 15.9 Å². The van der Waals surface area contributed by atoms with Crippen molar-refractivity contribution in [2.24, 2.45) is 0 Å². The van der Waals surface area contributed by atoms with Crippen LogP contribution in [-0.4, -0.2) is 5.91 Å². The van der Waals surface area contributed by atoms with Crippen molar-refractivity contribution in [1.82, 2.24) is 0 Å². The lowest BCUT2D eigenvalue weighted by atomic mass is 10.1. The van der Waals surface area contributed by atoms with Gasteiger partial charge in [0, 0.05) is 15.5 Å². The molecule has 0 spiro atoms. The molecule has 1 amide bonds. The van der Waals surface area contributed by atoms with Crippen LogP contribution in [0, 0.1) is 6.92 Å². The standard InChI is InChI=1S/C17H12BrNO3/c1-10-2-7-15-11(8-10)9-14(17(21)22-15)16(20)19-13-5-3-12(18)4-6-13/h2-9H,1H3,(H,19,20). The molecule has 0 fully saturated rings. The normalized spacial score (nSPS) is 10.6. The highest BCUT2D eigenvalue weighted by Crippen LogP contribution is 2.17. The molecule has 1 aromatic heterocycles. The third-order valence-electron chi connectivity index (χ3n) is 3.23. The average molecular weight is 358 g/mol. The average Bonchev–Trinajstić information content (AvgIpc) is 2.49. The van der Waals surface area contributed by atoms with Crippen molar-refractivity contribution in [2.45, 2.75) is 6.92 Å². The molecule has 22 heavy (non-hydrogen) atoms. The number of benzene rings is 2. The largest absolute Gasteiger partial charge is 0.422 e. The summed E-state index contributed by atoms with van der Waals surface area (Å²) in [6.45, 7) is 1.94. The molecule has 3 rings (SSSR count). The summed E-state index contributed by atoms with van der Waals surface area (Å²) in [5, 5.41) is 3.41. The van der Waals surface area contributed by atoms with Gasteiger partial charge in [-0.25, -0.2) is 4.79 Å². The molecule has 0 unspecified atom stereocenters. The van der Waals surface area contributed by atoms with Crippen LogP contribution in [0.15, 0.2) is 62.2 Å². The summed E-state index contributed by atoms with van der Waals surface area (Å²) >= 11 is 3.32. The van der Waals surface area contributed by atoms with Gasteiger partial charge in [0.2, 0.25) is 0 Å². The second-order valence-electron chi connectivity index (χ2n) is 4.95. The summed E-state index contributed by atoms with van der Waals surface area (Å²) in [6, 6.07) is 14.1. The number of fused-ring (bicyclic) bond motifs is 1. The molecule has 0 saturated carbocycles. The lowest BCUT2D eigenvalue weighted by Gasteiger charge is -2.05. The van der Waals surface area contributed by atoms with Crippen molar-refractivity contribution < 1.29 is 9.21 Å². The molecule has 0 aliphatic rings. The molecule has 0 radical (unpaired) electrons. The Morgan fingerprint density at radius 3 is 2.55 bits per heavy atom. The minimum atomic E-state index is -0.647. The van der Waals surface area contributed by atoms with E-state index < -0.39 is 11.5 Å². The molecule has 0 bridgehead atoms. The molecule has 110 valence electrons. The van der Waals surface area contributed by atoms with Gasteiger partial charge in [0.15, 0.2) is 0 Å². The summed E-state index contributed by atoms with van der Waals surface area (Å²) in [7, 11) is 0. The van der Waals surface area contributed by atoms with Gasteiger partial charge >= 0.3 is 5.63 Å². The van der Waals surface area contributed by atoms with Crippen LogP contribution in [0.1, 0.15) is 15.9 Å². The summed E-state index contributed by atoms with van der Waals surface area (Å²) in [4.78, 5) is 24.2. The van der Waals surface area contributed by atoms with Crippen LogP contribution in [0.2, 0.25) is 0 Å². The summed E-state index contributed by atoms with van der Waals surface area (Å²) in [6.07, 6.45) is 0. The first-order valence-electron chi connectivity index (χ1n) is 6.64. The van der Waals surface area contributed by atoms with Gasteiger partial charge in [-0.05, 0) is 49.4 Å². The second kappa shape index (κ2) is 5.77. The van der Waals surface area contributed by atoms with Gasteiger partial charge < -0.3 is 9.73 Å². The number of nitrogens with one attached hydrogen (secondary N) is 1. The number of hydrogen-bond donors (Lipinski definition) is 1. The Morgan fingerprint density at radius 2 is 1.82 bits per heavy atom. The van der Waals surface area contributed by atoms with E-state index >= 15 is 0 Å². The van der Waals surface area contributed by atoms with Gasteiger partial charge in [-0.15, -0.1) is 0 Å². The van der Waals surface area contributed by atoms with Gasteiger partial charge in [0.1, 0.15) is 11.1 Å². The second-order valence-corrected chi connectivity index (χ2v) is 5.87. The van der Waals surface area contributed by atoms with E-state index in [1.165, 1.54) is 0 Å². The van der Waals surface area contributed by atoms with E-state index in [1.54, 1.807) is 24.3 Å². The monoisotopic (exact) mass is 357 g/mol. The minimum Gasteiger partial charge on any atom is -0.422 e. The Labute approximate surface area is 134 Å². The smallest absolute Gasteiger partial charge is 0.349 e. The van der Waals surface area contributed by atoms with Crippen LogP contribution in [0.5, 0.6) is 0 Å². The minimum absolute atomic E-state index is 0.0129. The molecule has 5 heteroatoms. The summed E-state index contributed by atoms with van der Waals surface area (Å²) in [5.41, 5.74) is 1.44. The van der Waals surface area contributed by atoms with E-state index in [2.05, 4.69) is 21.2 Å². The zero-order valence-corrected chi connectivity index (χ0v) is 13.3. The summed E-state index contributed by atoms with van der Waals surface area (Å²) in [5.74, 6) is -0.487. The first-order valence-corrected chi connectivity index (χ1v) is 7.44. The maximum Gasteiger partial charge on any atom is 0.349 e. The van der Waals surface area contributed by atoms with Crippen molar-refractivity contribution in [3.05, 3.63) is 74.6 Å². The van der Waals surface area contributed by atoms with E-state index in [-0.39, 0.29) is 5.56 Å². The van der Waals surface area contributed by atoms with Gasteiger partial charge in [-0.3, -0.25) is 4.79 Å². The highest BCUT2D eigenvalue weighted by Gasteiger charge is 2.14. The highest BCUT2D eigenvalue weighted by atomic mass is 79.9. The number of halogens is 1. The van der Waals surface area contributed by atoms with E-state index in [9.17, 15) is 9.59 Å². The molecule has 0 aliphatic heterocycles. The molecular formula is C17H12BrNO3. The molecule has 1 N–H and O–H groups in total. The van der Waals surface area contributed by atoms with Gasteiger partial charge in [-0.2, -0.15) is 0 Å². The maximum absolute atomic E-state index is 12.3. The fourth-order valence-corrected chi connectivity index (χ4v) is 2.40. The molecule has 2 aromatic carbocycles. The molecule has 0 saturated heterocycles. The first kappa shape index (κ1) is 14.5.